The van der Waals surface area contributed by atoms with Crippen LogP contribution in [0.2, 0.25) is 0 Å². The molecule has 0 saturated carbocycles. The first kappa shape index (κ1) is 10.9. The van der Waals surface area contributed by atoms with Gasteiger partial charge < -0.3 is 15.7 Å². The van der Waals surface area contributed by atoms with Crippen LogP contribution in [0, 0.1) is 0 Å². The van der Waals surface area contributed by atoms with Gasteiger partial charge in [0.25, 0.3) is 0 Å². The standard InChI is InChI=1S/C7H14N2O3/c1-3-8-6(11)7(12)9-4-5(2)10/h5,10H,3-4H2,1-2H3,(H,8,11)(H,9,12)/t5-/m1/s1. The van der Waals surface area contributed by atoms with Crippen LogP contribution in [-0.2, 0) is 9.59 Å². The van der Waals surface area contributed by atoms with Crippen LogP contribution >= 0.6 is 0 Å². The molecule has 0 aromatic heterocycles. The van der Waals surface area contributed by atoms with Gasteiger partial charge in [0.05, 0.1) is 6.10 Å². The molecule has 12 heavy (non-hydrogen) atoms. The Kier molecular flexibility index (Phi) is 5.03. The Bertz CT molecular complexity index is 168. The maximum absolute atomic E-state index is 10.8. The van der Waals surface area contributed by atoms with E-state index in [9.17, 15) is 9.59 Å². The van der Waals surface area contributed by atoms with Crippen LogP contribution in [0.1, 0.15) is 13.8 Å². The first-order valence-corrected chi connectivity index (χ1v) is 3.82. The summed E-state index contributed by atoms with van der Waals surface area (Å²) in [4.78, 5) is 21.6. The van der Waals surface area contributed by atoms with E-state index in [4.69, 9.17) is 5.11 Å². The Morgan fingerprint density at radius 2 is 1.83 bits per heavy atom. The van der Waals surface area contributed by atoms with E-state index in [1.807, 2.05) is 0 Å². The Morgan fingerprint density at radius 3 is 2.25 bits per heavy atom. The highest BCUT2D eigenvalue weighted by atomic mass is 16.3. The molecule has 0 aromatic rings. The van der Waals surface area contributed by atoms with Crippen molar-refractivity contribution in [2.24, 2.45) is 0 Å². The molecule has 0 heterocycles. The highest BCUT2D eigenvalue weighted by Crippen LogP contribution is 1.75. The van der Waals surface area contributed by atoms with Crippen LogP contribution in [0.25, 0.3) is 0 Å². The quantitative estimate of drug-likeness (QED) is 0.461. The van der Waals surface area contributed by atoms with E-state index in [-0.39, 0.29) is 6.54 Å². The molecule has 5 nitrogen and oxygen atoms in total. The molecule has 0 saturated heterocycles. The summed E-state index contributed by atoms with van der Waals surface area (Å²) in [6, 6.07) is 0. The first-order chi connectivity index (χ1) is 5.57. The lowest BCUT2D eigenvalue weighted by atomic mass is 10.4. The first-order valence-electron chi connectivity index (χ1n) is 3.82. The van der Waals surface area contributed by atoms with E-state index in [0.29, 0.717) is 6.54 Å². The summed E-state index contributed by atoms with van der Waals surface area (Å²) < 4.78 is 0. The molecule has 0 unspecified atom stereocenters. The molecule has 0 aliphatic heterocycles. The van der Waals surface area contributed by atoms with Gasteiger partial charge in [-0.15, -0.1) is 0 Å². The molecular weight excluding hydrogens is 160 g/mol. The number of aliphatic hydroxyl groups excluding tert-OH is 1. The monoisotopic (exact) mass is 174 g/mol. The second kappa shape index (κ2) is 5.54. The summed E-state index contributed by atoms with van der Waals surface area (Å²) in [7, 11) is 0. The largest absolute Gasteiger partial charge is 0.392 e. The van der Waals surface area contributed by atoms with Gasteiger partial charge in [0.1, 0.15) is 0 Å². The Hall–Kier alpha value is -1.10. The lowest BCUT2D eigenvalue weighted by molar-refractivity contribution is -0.139. The average molecular weight is 174 g/mol. The summed E-state index contributed by atoms with van der Waals surface area (Å²) in [6.07, 6.45) is -0.636. The number of hydrogen-bond donors (Lipinski definition) is 3. The van der Waals surface area contributed by atoms with Gasteiger partial charge in [-0.25, -0.2) is 0 Å². The van der Waals surface area contributed by atoms with Crippen LogP contribution in [0.4, 0.5) is 0 Å². The van der Waals surface area contributed by atoms with Crippen molar-refractivity contribution in [3.63, 3.8) is 0 Å². The van der Waals surface area contributed by atoms with Gasteiger partial charge >= 0.3 is 11.8 Å². The van der Waals surface area contributed by atoms with Crippen LogP contribution in [0.3, 0.4) is 0 Å². The minimum atomic E-state index is -0.710. The van der Waals surface area contributed by atoms with Gasteiger partial charge in [-0.05, 0) is 13.8 Å². The number of rotatable bonds is 3. The topological polar surface area (TPSA) is 78.4 Å². The Labute approximate surface area is 71.1 Å². The minimum Gasteiger partial charge on any atom is -0.392 e. The molecule has 70 valence electrons. The van der Waals surface area contributed by atoms with Crippen molar-refractivity contribution in [3.05, 3.63) is 0 Å². The zero-order valence-corrected chi connectivity index (χ0v) is 7.26. The van der Waals surface area contributed by atoms with Crippen molar-refractivity contribution in [2.45, 2.75) is 20.0 Å². The van der Waals surface area contributed by atoms with Crippen molar-refractivity contribution in [3.8, 4) is 0 Å². The number of hydrogen-bond acceptors (Lipinski definition) is 3. The van der Waals surface area contributed by atoms with Gasteiger partial charge in [0.2, 0.25) is 0 Å². The highest BCUT2D eigenvalue weighted by molar-refractivity contribution is 6.35. The normalized spacial score (nSPS) is 11.9. The fourth-order valence-corrected chi connectivity index (χ4v) is 0.562. The fourth-order valence-electron chi connectivity index (χ4n) is 0.562. The second-order valence-corrected chi connectivity index (χ2v) is 2.42. The van der Waals surface area contributed by atoms with Crippen LogP contribution in [0.15, 0.2) is 0 Å². The molecule has 0 aliphatic carbocycles. The van der Waals surface area contributed by atoms with Gasteiger partial charge in [-0.1, -0.05) is 0 Å². The predicted octanol–water partition coefficient (Wildman–Crippen LogP) is -1.38. The molecule has 2 amide bonds. The number of carbonyl (C=O) groups excluding carboxylic acids is 2. The van der Waals surface area contributed by atoms with E-state index in [2.05, 4.69) is 10.6 Å². The maximum Gasteiger partial charge on any atom is 0.309 e. The lowest BCUT2D eigenvalue weighted by Gasteiger charge is -2.05. The van der Waals surface area contributed by atoms with Gasteiger partial charge in [0, 0.05) is 13.1 Å². The predicted molar refractivity (Wildman–Crippen MR) is 43.4 cm³/mol. The zero-order valence-electron chi connectivity index (χ0n) is 7.26. The summed E-state index contributed by atoms with van der Waals surface area (Å²) in [6.45, 7) is 3.76. The molecular formula is C7H14N2O3. The Morgan fingerprint density at radius 1 is 1.33 bits per heavy atom. The molecule has 5 heteroatoms. The van der Waals surface area contributed by atoms with Crippen molar-refractivity contribution in [2.75, 3.05) is 13.1 Å². The molecule has 0 aliphatic rings. The second-order valence-electron chi connectivity index (χ2n) is 2.42. The molecule has 0 fully saturated rings. The summed E-state index contributed by atoms with van der Waals surface area (Å²) in [5, 5.41) is 13.4. The van der Waals surface area contributed by atoms with Crippen molar-refractivity contribution in [1.82, 2.24) is 10.6 Å². The molecule has 0 radical (unpaired) electrons. The number of likely N-dealkylation sites (N-methyl/N-ethyl adjacent to an activating group) is 1. The molecule has 3 N–H and O–H groups in total. The smallest absolute Gasteiger partial charge is 0.309 e. The SMILES string of the molecule is CCNC(=O)C(=O)NC[C@@H](C)O. The summed E-state index contributed by atoms with van der Waals surface area (Å²) in [5.74, 6) is -1.38. The molecule has 0 rings (SSSR count). The number of amides is 2. The van der Waals surface area contributed by atoms with Crippen molar-refractivity contribution < 1.29 is 14.7 Å². The van der Waals surface area contributed by atoms with Gasteiger partial charge in [-0.3, -0.25) is 9.59 Å². The third-order valence-electron chi connectivity index (χ3n) is 1.10. The summed E-state index contributed by atoms with van der Waals surface area (Å²) in [5.41, 5.74) is 0. The molecule has 0 spiro atoms. The lowest BCUT2D eigenvalue weighted by Crippen LogP contribution is -2.42. The van der Waals surface area contributed by atoms with E-state index < -0.39 is 17.9 Å². The van der Waals surface area contributed by atoms with E-state index >= 15 is 0 Å². The number of carbonyl (C=O) groups is 2. The van der Waals surface area contributed by atoms with Crippen molar-refractivity contribution >= 4 is 11.8 Å². The van der Waals surface area contributed by atoms with E-state index in [0.717, 1.165) is 0 Å². The van der Waals surface area contributed by atoms with Crippen LogP contribution in [-0.4, -0.2) is 36.1 Å². The third-order valence-corrected chi connectivity index (χ3v) is 1.10. The van der Waals surface area contributed by atoms with Gasteiger partial charge in [-0.2, -0.15) is 0 Å². The highest BCUT2D eigenvalue weighted by Gasteiger charge is 2.11. The number of aliphatic hydroxyl groups is 1. The third kappa shape index (κ3) is 4.68. The molecule has 0 bridgehead atoms. The fraction of sp³-hybridized carbons (Fsp3) is 0.714. The molecule has 0 aromatic carbocycles. The zero-order chi connectivity index (χ0) is 9.56. The van der Waals surface area contributed by atoms with Crippen molar-refractivity contribution in [1.29, 1.82) is 0 Å². The van der Waals surface area contributed by atoms with Crippen LogP contribution in [0.5, 0.6) is 0 Å². The maximum atomic E-state index is 10.8. The van der Waals surface area contributed by atoms with Gasteiger partial charge in [0.15, 0.2) is 0 Å². The van der Waals surface area contributed by atoms with E-state index in [1.165, 1.54) is 6.92 Å². The van der Waals surface area contributed by atoms with Crippen LogP contribution < -0.4 is 10.6 Å². The summed E-state index contributed by atoms with van der Waals surface area (Å²) >= 11 is 0. The minimum absolute atomic E-state index is 0.0932. The molecule has 1 atom stereocenters. The van der Waals surface area contributed by atoms with E-state index in [1.54, 1.807) is 6.92 Å². The number of nitrogens with one attached hydrogen (secondary N) is 2. The average Bonchev–Trinajstić information content (AvgIpc) is 2.00. The Balaban J connectivity index is 3.65.